The standard InChI is InChI=1S/C23H41ClN6O2S/c1-2-23-5-3-7-30(15-16(24)12-23)19(13-23)20(21(25)26)22(31)28-17-14-27-6-4-18(17)29-8-10-33(32)11-9-29/h15-21,27H,2-14,25-26H2,1H3/p+1. The lowest BCUT2D eigenvalue weighted by molar-refractivity contribution is -0.568. The van der Waals surface area contributed by atoms with Crippen LogP contribution in [0.5, 0.6) is 0 Å². The highest BCUT2D eigenvalue weighted by atomic mass is 35.5. The third kappa shape index (κ3) is 5.81. The minimum Gasteiger partial charge on any atom is -0.350 e. The van der Waals surface area contributed by atoms with E-state index in [9.17, 15) is 9.00 Å². The van der Waals surface area contributed by atoms with E-state index in [4.69, 9.17) is 23.1 Å². The van der Waals surface area contributed by atoms with Crippen LogP contribution in [0.25, 0.3) is 0 Å². The molecule has 4 heterocycles. The molecule has 0 aliphatic carbocycles. The van der Waals surface area contributed by atoms with Crippen LogP contribution >= 0.6 is 11.6 Å². The van der Waals surface area contributed by atoms with Crippen molar-refractivity contribution in [3.8, 4) is 0 Å². The molecule has 1 amide bonds. The van der Waals surface area contributed by atoms with Crippen molar-refractivity contribution >= 4 is 34.5 Å². The Hall–Kier alpha value is -0.580. The zero-order valence-electron chi connectivity index (χ0n) is 19.9. The number of fused-ring (bicyclic) bond motifs is 3. The van der Waals surface area contributed by atoms with Gasteiger partial charge in [-0.15, -0.1) is 11.6 Å². The number of nitrogens with one attached hydrogen (secondary N) is 2. The highest BCUT2D eigenvalue weighted by Gasteiger charge is 2.49. The number of rotatable bonds is 6. The fraction of sp³-hybridized carbons (Fsp3) is 0.913. The van der Waals surface area contributed by atoms with Crippen molar-refractivity contribution in [2.24, 2.45) is 22.8 Å². The maximum atomic E-state index is 13.8. The maximum absolute atomic E-state index is 13.8. The Morgan fingerprint density at radius 1 is 1.36 bits per heavy atom. The Kier molecular flexibility index (Phi) is 8.50. The molecule has 188 valence electrons. The van der Waals surface area contributed by atoms with Crippen molar-refractivity contribution in [1.82, 2.24) is 15.5 Å². The quantitative estimate of drug-likeness (QED) is 0.227. The van der Waals surface area contributed by atoms with E-state index in [0.717, 1.165) is 71.2 Å². The highest BCUT2D eigenvalue weighted by Crippen LogP contribution is 2.44. The summed E-state index contributed by atoms with van der Waals surface area (Å²) in [6, 6.07) is 0.198. The van der Waals surface area contributed by atoms with Crippen molar-refractivity contribution in [1.29, 1.82) is 0 Å². The lowest BCUT2D eigenvalue weighted by Crippen LogP contribution is -2.64. The van der Waals surface area contributed by atoms with Gasteiger partial charge in [0.15, 0.2) is 12.3 Å². The highest BCUT2D eigenvalue weighted by molar-refractivity contribution is 7.85. The lowest BCUT2D eigenvalue weighted by atomic mass is 9.71. The first kappa shape index (κ1) is 25.5. The molecule has 4 aliphatic heterocycles. The van der Waals surface area contributed by atoms with E-state index in [1.807, 2.05) is 0 Å². The minimum absolute atomic E-state index is 0.0101. The molecule has 0 saturated carbocycles. The van der Waals surface area contributed by atoms with Crippen molar-refractivity contribution in [2.75, 3.05) is 44.2 Å². The molecule has 6 atom stereocenters. The number of piperidine rings is 1. The van der Waals surface area contributed by atoms with Gasteiger partial charge in [-0.05, 0) is 31.2 Å². The molecule has 6 unspecified atom stereocenters. The van der Waals surface area contributed by atoms with Crippen LogP contribution in [-0.2, 0) is 15.6 Å². The van der Waals surface area contributed by atoms with Crippen LogP contribution in [0.15, 0.2) is 0 Å². The summed E-state index contributed by atoms with van der Waals surface area (Å²) in [5.74, 6) is 0.884. The second-order valence-electron chi connectivity index (χ2n) is 10.5. The number of halogens is 1. The van der Waals surface area contributed by atoms with Crippen LogP contribution in [-0.4, -0.2) is 99.7 Å². The average Bonchev–Trinajstić information content (AvgIpc) is 3.02. The van der Waals surface area contributed by atoms with E-state index in [0.29, 0.717) is 11.5 Å². The largest absolute Gasteiger partial charge is 0.350 e. The number of carbonyl (C=O) groups is 1. The Labute approximate surface area is 205 Å². The van der Waals surface area contributed by atoms with Crippen molar-refractivity contribution in [3.05, 3.63) is 0 Å². The molecule has 0 aromatic heterocycles. The van der Waals surface area contributed by atoms with E-state index < -0.39 is 22.9 Å². The molecule has 0 aromatic rings. The fourth-order valence-corrected chi connectivity index (χ4v) is 8.16. The van der Waals surface area contributed by atoms with E-state index in [2.05, 4.69) is 33.2 Å². The van der Waals surface area contributed by atoms with E-state index >= 15 is 0 Å². The molecular formula is C23H42ClN6O2S+. The second kappa shape index (κ2) is 11.0. The summed E-state index contributed by atoms with van der Waals surface area (Å²) in [7, 11) is -0.714. The topological polar surface area (TPSA) is 116 Å². The Bertz CT molecular complexity index is 757. The van der Waals surface area contributed by atoms with Gasteiger partial charge >= 0.3 is 0 Å². The van der Waals surface area contributed by atoms with Gasteiger partial charge in [-0.1, -0.05) is 13.3 Å². The normalized spacial score (nSPS) is 37.3. The van der Waals surface area contributed by atoms with Crippen molar-refractivity contribution in [3.63, 3.8) is 0 Å². The van der Waals surface area contributed by atoms with Crippen molar-refractivity contribution in [2.45, 2.75) is 75.1 Å². The molecule has 4 rings (SSSR count). The van der Waals surface area contributed by atoms with Gasteiger partial charge in [-0.3, -0.25) is 13.9 Å². The first-order chi connectivity index (χ1) is 15.8. The Morgan fingerprint density at radius 2 is 2.12 bits per heavy atom. The van der Waals surface area contributed by atoms with Crippen LogP contribution in [0.1, 0.15) is 45.4 Å². The predicted molar refractivity (Wildman–Crippen MR) is 134 cm³/mol. The molecule has 33 heavy (non-hydrogen) atoms. The number of amides is 1. The van der Waals surface area contributed by atoms with Gasteiger partial charge in [0, 0.05) is 60.8 Å². The predicted octanol–water partition coefficient (Wildman–Crippen LogP) is -0.200. The summed E-state index contributed by atoms with van der Waals surface area (Å²) in [6.45, 7) is 6.44. The van der Waals surface area contributed by atoms with Gasteiger partial charge in [0.2, 0.25) is 5.91 Å². The summed E-state index contributed by atoms with van der Waals surface area (Å²) in [6.07, 6.45) is 7.47. The summed E-state index contributed by atoms with van der Waals surface area (Å²) < 4.78 is 14.1. The number of carbonyl (C=O) groups excluding carboxylic acids is 1. The molecule has 3 fully saturated rings. The number of nitrogens with two attached hydrogens (primary N) is 2. The van der Waals surface area contributed by atoms with Gasteiger partial charge in [-0.2, -0.15) is 0 Å². The molecule has 4 aliphatic rings. The van der Waals surface area contributed by atoms with Crippen LogP contribution in [0.3, 0.4) is 0 Å². The monoisotopic (exact) mass is 501 g/mol. The first-order valence-corrected chi connectivity index (χ1v) is 14.6. The maximum Gasteiger partial charge on any atom is 0.233 e. The molecule has 10 heteroatoms. The molecule has 8 nitrogen and oxygen atoms in total. The van der Waals surface area contributed by atoms with Gasteiger partial charge in [-0.25, -0.2) is 4.58 Å². The summed E-state index contributed by atoms with van der Waals surface area (Å²) >= 11 is 6.70. The summed E-state index contributed by atoms with van der Waals surface area (Å²) in [4.78, 5) is 16.2. The van der Waals surface area contributed by atoms with Crippen molar-refractivity contribution < 1.29 is 13.6 Å². The fourth-order valence-electron chi connectivity index (χ4n) is 6.61. The van der Waals surface area contributed by atoms with Gasteiger partial charge in [0.05, 0.1) is 12.2 Å². The van der Waals surface area contributed by atoms with Gasteiger partial charge < -0.3 is 22.1 Å². The molecule has 2 bridgehead atoms. The van der Waals surface area contributed by atoms with Crippen LogP contribution in [0, 0.1) is 11.3 Å². The number of hydrogen-bond acceptors (Lipinski definition) is 6. The third-order valence-electron chi connectivity index (χ3n) is 8.51. The lowest BCUT2D eigenvalue weighted by Gasteiger charge is -2.42. The van der Waals surface area contributed by atoms with E-state index in [-0.39, 0.29) is 34.8 Å². The molecule has 6 N–H and O–H groups in total. The average molecular weight is 502 g/mol. The molecule has 3 saturated heterocycles. The SMILES string of the molecule is CCC12CCC[N+](=CC(Cl)C1)C(C(C(=O)NC1CNCCC1N1CCS(=O)CC1)C(N)N)C2. The Morgan fingerprint density at radius 3 is 2.82 bits per heavy atom. The minimum atomic E-state index is -0.738. The van der Waals surface area contributed by atoms with Gasteiger partial charge in [0.1, 0.15) is 17.8 Å². The number of alkyl halides is 1. The van der Waals surface area contributed by atoms with E-state index in [1.54, 1.807) is 0 Å². The molecule has 0 radical (unpaired) electrons. The zero-order chi connectivity index (χ0) is 23.6. The van der Waals surface area contributed by atoms with Crippen LogP contribution in [0.2, 0.25) is 0 Å². The van der Waals surface area contributed by atoms with Gasteiger partial charge in [0.25, 0.3) is 0 Å². The smallest absolute Gasteiger partial charge is 0.233 e. The zero-order valence-corrected chi connectivity index (χ0v) is 21.5. The summed E-state index contributed by atoms with van der Waals surface area (Å²) in [5.41, 5.74) is 12.7. The summed E-state index contributed by atoms with van der Waals surface area (Å²) in [5, 5.41) is 6.76. The Balaban J connectivity index is 1.53. The second-order valence-corrected chi connectivity index (χ2v) is 12.8. The first-order valence-electron chi connectivity index (χ1n) is 12.7. The molecule has 0 spiro atoms. The third-order valence-corrected chi connectivity index (χ3v) is 10.1. The number of hydrogen-bond donors (Lipinski definition) is 4. The van der Waals surface area contributed by atoms with Crippen LogP contribution in [0.4, 0.5) is 0 Å². The molecular weight excluding hydrogens is 460 g/mol. The van der Waals surface area contributed by atoms with Crippen LogP contribution < -0.4 is 22.1 Å². The van der Waals surface area contributed by atoms with E-state index in [1.165, 1.54) is 0 Å². The molecule has 0 aromatic carbocycles. The number of nitrogens with zero attached hydrogens (tertiary/aromatic N) is 2.